The topological polar surface area (TPSA) is 50.2 Å². The highest BCUT2D eigenvalue weighted by Gasteiger charge is 2.04. The van der Waals surface area contributed by atoms with Crippen molar-refractivity contribution in [1.82, 2.24) is 4.98 Å². The quantitative estimate of drug-likeness (QED) is 0.731. The van der Waals surface area contributed by atoms with Crippen LogP contribution in [0.3, 0.4) is 0 Å². The normalized spacial score (nSPS) is 10.1. The molecule has 1 rings (SSSR count). The lowest BCUT2D eigenvalue weighted by Gasteiger charge is -2.00. The summed E-state index contributed by atoms with van der Waals surface area (Å²) in [5.41, 5.74) is 1.01. The summed E-state index contributed by atoms with van der Waals surface area (Å²) in [5, 5.41) is 8.72. The van der Waals surface area contributed by atoms with Gasteiger partial charge in [-0.2, -0.15) is 0 Å². The summed E-state index contributed by atoms with van der Waals surface area (Å²) in [6.07, 6.45) is 4.28. The van der Waals surface area contributed by atoms with Crippen LogP contribution in [-0.4, -0.2) is 16.1 Å². The molecule has 0 unspecified atom stereocenters. The molecular formula is C11H15NO2. The van der Waals surface area contributed by atoms with Gasteiger partial charge in [0.05, 0.1) is 0 Å². The summed E-state index contributed by atoms with van der Waals surface area (Å²) in [4.78, 5) is 14.7. The monoisotopic (exact) mass is 193 g/mol. The molecule has 1 aromatic rings. The minimum atomic E-state index is -0.956. The van der Waals surface area contributed by atoms with Crippen LogP contribution < -0.4 is 0 Å². The van der Waals surface area contributed by atoms with Gasteiger partial charge in [-0.05, 0) is 25.0 Å². The number of carboxylic acids is 1. The second-order valence-electron chi connectivity index (χ2n) is 3.28. The summed E-state index contributed by atoms with van der Waals surface area (Å²) in [7, 11) is 0. The van der Waals surface area contributed by atoms with Gasteiger partial charge in [-0.1, -0.05) is 25.8 Å². The van der Waals surface area contributed by atoms with E-state index in [-0.39, 0.29) is 5.69 Å². The molecule has 0 fully saturated rings. The average Bonchev–Trinajstić information content (AvgIpc) is 2.19. The first-order valence-electron chi connectivity index (χ1n) is 4.93. The first kappa shape index (κ1) is 10.7. The van der Waals surface area contributed by atoms with Crippen molar-refractivity contribution >= 4 is 5.97 Å². The molecule has 0 radical (unpaired) electrons. The van der Waals surface area contributed by atoms with Crippen LogP contribution in [0.15, 0.2) is 18.2 Å². The first-order chi connectivity index (χ1) is 6.74. The van der Waals surface area contributed by atoms with Gasteiger partial charge in [-0.25, -0.2) is 9.78 Å². The van der Waals surface area contributed by atoms with Gasteiger partial charge in [0.2, 0.25) is 0 Å². The molecule has 0 saturated carbocycles. The summed E-state index contributed by atoms with van der Waals surface area (Å²) < 4.78 is 0. The summed E-state index contributed by atoms with van der Waals surface area (Å²) in [5.74, 6) is -0.956. The first-order valence-corrected chi connectivity index (χ1v) is 4.93. The Hall–Kier alpha value is -1.38. The van der Waals surface area contributed by atoms with Crippen LogP contribution in [0.2, 0.25) is 0 Å². The van der Waals surface area contributed by atoms with Crippen molar-refractivity contribution in [3.63, 3.8) is 0 Å². The maximum Gasteiger partial charge on any atom is 0.354 e. The van der Waals surface area contributed by atoms with Gasteiger partial charge in [0.15, 0.2) is 0 Å². The zero-order chi connectivity index (χ0) is 10.4. The Kier molecular flexibility index (Phi) is 4.11. The number of hydrogen-bond acceptors (Lipinski definition) is 2. The van der Waals surface area contributed by atoms with Gasteiger partial charge in [0.25, 0.3) is 0 Å². The Morgan fingerprint density at radius 1 is 1.43 bits per heavy atom. The number of aromatic nitrogens is 1. The van der Waals surface area contributed by atoms with E-state index in [9.17, 15) is 4.79 Å². The lowest BCUT2D eigenvalue weighted by Crippen LogP contribution is -2.02. The number of pyridine rings is 1. The van der Waals surface area contributed by atoms with Gasteiger partial charge in [0, 0.05) is 5.69 Å². The van der Waals surface area contributed by atoms with Crippen LogP contribution in [0.5, 0.6) is 0 Å². The van der Waals surface area contributed by atoms with E-state index in [2.05, 4.69) is 11.9 Å². The molecule has 0 bridgehead atoms. The Balaban J connectivity index is 2.59. The predicted molar refractivity (Wildman–Crippen MR) is 54.4 cm³/mol. The van der Waals surface area contributed by atoms with Crippen LogP contribution in [0, 0.1) is 0 Å². The van der Waals surface area contributed by atoms with E-state index in [1.807, 2.05) is 6.07 Å². The average molecular weight is 193 g/mol. The molecule has 0 aliphatic heterocycles. The SMILES string of the molecule is CCCCCc1cccc(C(=O)O)n1. The number of carboxylic acid groups (broad SMARTS) is 1. The lowest BCUT2D eigenvalue weighted by molar-refractivity contribution is 0.0690. The Morgan fingerprint density at radius 2 is 2.21 bits per heavy atom. The van der Waals surface area contributed by atoms with Crippen LogP contribution in [0.4, 0.5) is 0 Å². The number of nitrogens with zero attached hydrogens (tertiary/aromatic N) is 1. The van der Waals surface area contributed by atoms with Gasteiger partial charge >= 0.3 is 5.97 Å². The second kappa shape index (κ2) is 5.37. The number of rotatable bonds is 5. The molecule has 0 aliphatic carbocycles. The maximum absolute atomic E-state index is 10.6. The molecule has 0 saturated heterocycles. The van der Waals surface area contributed by atoms with Crippen molar-refractivity contribution in [2.24, 2.45) is 0 Å². The third-order valence-electron chi connectivity index (χ3n) is 2.06. The Morgan fingerprint density at radius 3 is 2.86 bits per heavy atom. The molecule has 0 amide bonds. The van der Waals surface area contributed by atoms with Crippen molar-refractivity contribution in [2.75, 3.05) is 0 Å². The number of hydrogen-bond donors (Lipinski definition) is 1. The van der Waals surface area contributed by atoms with Crippen molar-refractivity contribution in [3.05, 3.63) is 29.6 Å². The zero-order valence-electron chi connectivity index (χ0n) is 8.36. The highest BCUT2D eigenvalue weighted by Crippen LogP contribution is 2.05. The third-order valence-corrected chi connectivity index (χ3v) is 2.06. The zero-order valence-corrected chi connectivity index (χ0v) is 8.36. The number of aromatic carboxylic acids is 1. The number of unbranched alkanes of at least 4 members (excludes halogenated alkanes) is 2. The van der Waals surface area contributed by atoms with E-state index < -0.39 is 5.97 Å². The molecule has 1 heterocycles. The molecule has 3 heteroatoms. The van der Waals surface area contributed by atoms with E-state index in [0.29, 0.717) is 0 Å². The highest BCUT2D eigenvalue weighted by atomic mass is 16.4. The van der Waals surface area contributed by atoms with E-state index >= 15 is 0 Å². The Labute approximate surface area is 83.8 Å². The molecule has 1 aromatic heterocycles. The number of aryl methyl sites for hydroxylation is 1. The fourth-order valence-electron chi connectivity index (χ4n) is 1.29. The van der Waals surface area contributed by atoms with Crippen LogP contribution in [0.1, 0.15) is 42.4 Å². The van der Waals surface area contributed by atoms with Crippen LogP contribution >= 0.6 is 0 Å². The van der Waals surface area contributed by atoms with Crippen molar-refractivity contribution in [1.29, 1.82) is 0 Å². The summed E-state index contributed by atoms with van der Waals surface area (Å²) in [6, 6.07) is 5.14. The van der Waals surface area contributed by atoms with E-state index in [1.165, 1.54) is 18.9 Å². The van der Waals surface area contributed by atoms with E-state index in [0.717, 1.165) is 18.5 Å². The minimum Gasteiger partial charge on any atom is -0.477 e. The largest absolute Gasteiger partial charge is 0.477 e. The van der Waals surface area contributed by atoms with Crippen molar-refractivity contribution < 1.29 is 9.90 Å². The fourth-order valence-corrected chi connectivity index (χ4v) is 1.29. The number of carbonyl (C=O) groups is 1. The molecule has 0 aliphatic rings. The molecule has 14 heavy (non-hydrogen) atoms. The molecule has 0 spiro atoms. The third kappa shape index (κ3) is 3.17. The lowest BCUT2D eigenvalue weighted by atomic mass is 10.1. The van der Waals surface area contributed by atoms with E-state index in [4.69, 9.17) is 5.11 Å². The molecule has 76 valence electrons. The van der Waals surface area contributed by atoms with Gasteiger partial charge in [-0.3, -0.25) is 0 Å². The fraction of sp³-hybridized carbons (Fsp3) is 0.455. The van der Waals surface area contributed by atoms with Gasteiger partial charge in [0.1, 0.15) is 5.69 Å². The van der Waals surface area contributed by atoms with Crippen LogP contribution in [-0.2, 0) is 6.42 Å². The summed E-state index contributed by atoms with van der Waals surface area (Å²) >= 11 is 0. The smallest absolute Gasteiger partial charge is 0.354 e. The van der Waals surface area contributed by atoms with Crippen molar-refractivity contribution in [3.8, 4) is 0 Å². The van der Waals surface area contributed by atoms with Gasteiger partial charge < -0.3 is 5.11 Å². The molecule has 3 nitrogen and oxygen atoms in total. The van der Waals surface area contributed by atoms with Crippen LogP contribution in [0.25, 0.3) is 0 Å². The minimum absolute atomic E-state index is 0.138. The highest BCUT2D eigenvalue weighted by molar-refractivity contribution is 5.85. The van der Waals surface area contributed by atoms with Gasteiger partial charge in [-0.15, -0.1) is 0 Å². The molecule has 0 atom stereocenters. The van der Waals surface area contributed by atoms with E-state index in [1.54, 1.807) is 6.07 Å². The summed E-state index contributed by atoms with van der Waals surface area (Å²) in [6.45, 7) is 2.14. The molecule has 1 N–H and O–H groups in total. The predicted octanol–water partition coefficient (Wildman–Crippen LogP) is 2.51. The standard InChI is InChI=1S/C11H15NO2/c1-2-3-4-6-9-7-5-8-10(12-9)11(13)14/h5,7-8H,2-4,6H2,1H3,(H,13,14). The molecular weight excluding hydrogens is 178 g/mol. The van der Waals surface area contributed by atoms with Crippen molar-refractivity contribution in [2.45, 2.75) is 32.6 Å². The molecule has 0 aromatic carbocycles. The second-order valence-corrected chi connectivity index (χ2v) is 3.28. The maximum atomic E-state index is 10.6. The Bertz CT molecular complexity index is 310.